The van der Waals surface area contributed by atoms with Crippen molar-refractivity contribution in [2.24, 2.45) is 0 Å². The van der Waals surface area contributed by atoms with Gasteiger partial charge in [0.2, 0.25) is 5.91 Å². The molecule has 4 heteroatoms. The summed E-state index contributed by atoms with van der Waals surface area (Å²) in [7, 11) is 0. The summed E-state index contributed by atoms with van der Waals surface area (Å²) in [4.78, 5) is 15.5. The van der Waals surface area contributed by atoms with E-state index in [0.717, 1.165) is 29.8 Å². The highest BCUT2D eigenvalue weighted by molar-refractivity contribution is 5.87. The Labute approximate surface area is 155 Å². The van der Waals surface area contributed by atoms with E-state index in [-0.39, 0.29) is 17.9 Å². The molecule has 2 aliphatic heterocycles. The Bertz CT molecular complexity index is 782. The molecule has 3 N–H and O–H groups in total. The zero-order chi connectivity index (χ0) is 17.9. The SMILES string of the molecule is Nc1ccccc1C1NC(=O)C(CCN2CCCCC2)c2ccccc21. The number of benzene rings is 2. The van der Waals surface area contributed by atoms with Crippen molar-refractivity contribution in [3.05, 3.63) is 65.2 Å². The maximum Gasteiger partial charge on any atom is 0.228 e. The van der Waals surface area contributed by atoms with Crippen LogP contribution in [0.25, 0.3) is 0 Å². The molecule has 0 spiro atoms. The number of para-hydroxylation sites is 1. The number of rotatable bonds is 4. The monoisotopic (exact) mass is 349 g/mol. The van der Waals surface area contributed by atoms with Crippen LogP contribution in [0, 0.1) is 0 Å². The van der Waals surface area contributed by atoms with Crippen molar-refractivity contribution >= 4 is 11.6 Å². The minimum atomic E-state index is -0.161. The lowest BCUT2D eigenvalue weighted by Crippen LogP contribution is -2.41. The Morgan fingerprint density at radius 1 is 0.923 bits per heavy atom. The summed E-state index contributed by atoms with van der Waals surface area (Å²) < 4.78 is 0. The molecule has 0 bridgehead atoms. The van der Waals surface area contributed by atoms with Crippen molar-refractivity contribution in [1.29, 1.82) is 0 Å². The standard InChI is InChI=1S/C22H27N3O/c23-20-11-5-4-10-19(20)21-17-9-3-2-8-16(17)18(22(26)24-21)12-15-25-13-6-1-7-14-25/h2-5,8-11,18,21H,1,6-7,12-15,23H2,(H,24,26). The van der Waals surface area contributed by atoms with Crippen molar-refractivity contribution in [3.8, 4) is 0 Å². The third-order valence-electron chi connectivity index (χ3n) is 5.78. The zero-order valence-electron chi connectivity index (χ0n) is 15.2. The van der Waals surface area contributed by atoms with Crippen molar-refractivity contribution in [2.75, 3.05) is 25.4 Å². The van der Waals surface area contributed by atoms with Gasteiger partial charge in [0.15, 0.2) is 0 Å². The lowest BCUT2D eigenvalue weighted by atomic mass is 9.81. The van der Waals surface area contributed by atoms with E-state index in [2.05, 4.69) is 22.3 Å². The van der Waals surface area contributed by atoms with Gasteiger partial charge in [-0.15, -0.1) is 0 Å². The zero-order valence-corrected chi connectivity index (χ0v) is 15.2. The first kappa shape index (κ1) is 17.1. The third kappa shape index (κ3) is 3.34. The van der Waals surface area contributed by atoms with E-state index in [4.69, 9.17) is 5.73 Å². The number of carbonyl (C=O) groups excluding carboxylic acids is 1. The number of amides is 1. The highest BCUT2D eigenvalue weighted by Gasteiger charge is 2.34. The maximum absolute atomic E-state index is 13.0. The van der Waals surface area contributed by atoms with Crippen molar-refractivity contribution < 1.29 is 4.79 Å². The minimum Gasteiger partial charge on any atom is -0.398 e. The summed E-state index contributed by atoms with van der Waals surface area (Å²) >= 11 is 0. The second kappa shape index (κ2) is 7.50. The Morgan fingerprint density at radius 3 is 2.31 bits per heavy atom. The van der Waals surface area contributed by atoms with Crippen LogP contribution in [0.1, 0.15) is 54.3 Å². The molecule has 136 valence electrons. The number of nitrogens with two attached hydrogens (primary N) is 1. The summed E-state index contributed by atoms with van der Waals surface area (Å²) in [5.74, 6) is 0.0447. The predicted molar refractivity (Wildman–Crippen MR) is 105 cm³/mol. The predicted octanol–water partition coefficient (Wildman–Crippen LogP) is 3.45. The van der Waals surface area contributed by atoms with E-state index >= 15 is 0 Å². The van der Waals surface area contributed by atoms with Crippen molar-refractivity contribution in [1.82, 2.24) is 10.2 Å². The Balaban J connectivity index is 1.60. The lowest BCUT2D eigenvalue weighted by Gasteiger charge is -2.34. The smallest absolute Gasteiger partial charge is 0.228 e. The van der Waals surface area contributed by atoms with Crippen LogP contribution >= 0.6 is 0 Å². The van der Waals surface area contributed by atoms with Crippen molar-refractivity contribution in [2.45, 2.75) is 37.6 Å². The molecule has 2 atom stereocenters. The largest absolute Gasteiger partial charge is 0.398 e. The van der Waals surface area contributed by atoms with E-state index < -0.39 is 0 Å². The van der Waals surface area contributed by atoms with Crippen LogP contribution in [0.4, 0.5) is 5.69 Å². The number of hydrogen-bond donors (Lipinski definition) is 2. The Morgan fingerprint density at radius 2 is 1.58 bits per heavy atom. The third-order valence-corrected chi connectivity index (χ3v) is 5.78. The number of hydrogen-bond acceptors (Lipinski definition) is 3. The molecule has 0 saturated carbocycles. The first-order valence-electron chi connectivity index (χ1n) is 9.70. The fraction of sp³-hybridized carbons (Fsp3) is 0.409. The molecule has 1 amide bonds. The molecule has 0 aromatic heterocycles. The molecule has 2 heterocycles. The molecule has 2 aromatic carbocycles. The normalized spacial score (nSPS) is 23.3. The summed E-state index contributed by atoms with van der Waals surface area (Å²) in [5.41, 5.74) is 10.2. The van der Waals surface area contributed by atoms with Crippen LogP contribution in [0.2, 0.25) is 0 Å². The highest BCUT2D eigenvalue weighted by Crippen LogP contribution is 2.37. The molecule has 1 fully saturated rings. The second-order valence-corrected chi connectivity index (χ2v) is 7.44. The molecule has 26 heavy (non-hydrogen) atoms. The van der Waals surface area contributed by atoms with Crippen LogP contribution in [0.15, 0.2) is 48.5 Å². The van der Waals surface area contributed by atoms with Crippen LogP contribution in [0.3, 0.4) is 0 Å². The first-order chi connectivity index (χ1) is 12.7. The number of nitrogen functional groups attached to an aromatic ring is 1. The molecule has 2 unspecified atom stereocenters. The molecule has 2 aliphatic rings. The van der Waals surface area contributed by atoms with Gasteiger partial charge in [-0.05, 0) is 56.1 Å². The molecule has 0 aliphatic carbocycles. The topological polar surface area (TPSA) is 58.4 Å². The van der Waals surface area contributed by atoms with Crippen LogP contribution < -0.4 is 11.1 Å². The van der Waals surface area contributed by atoms with Gasteiger partial charge in [0.25, 0.3) is 0 Å². The Hall–Kier alpha value is -2.33. The van der Waals surface area contributed by atoms with Crippen LogP contribution in [0.5, 0.6) is 0 Å². The second-order valence-electron chi connectivity index (χ2n) is 7.44. The molecular weight excluding hydrogens is 322 g/mol. The number of fused-ring (bicyclic) bond motifs is 1. The fourth-order valence-corrected chi connectivity index (χ4v) is 4.35. The average Bonchev–Trinajstić information content (AvgIpc) is 2.68. The summed E-state index contributed by atoms with van der Waals surface area (Å²) in [5, 5.41) is 3.23. The van der Waals surface area contributed by atoms with Gasteiger partial charge in [-0.2, -0.15) is 0 Å². The number of piperidine rings is 1. The maximum atomic E-state index is 13.0. The van der Waals surface area contributed by atoms with E-state index in [1.165, 1.54) is 37.9 Å². The lowest BCUT2D eigenvalue weighted by molar-refractivity contribution is -0.124. The fourth-order valence-electron chi connectivity index (χ4n) is 4.35. The Kier molecular flexibility index (Phi) is 4.93. The number of nitrogens with one attached hydrogen (secondary N) is 1. The van der Waals surface area contributed by atoms with E-state index in [9.17, 15) is 4.79 Å². The molecular formula is C22H27N3O. The molecule has 4 nitrogen and oxygen atoms in total. The van der Waals surface area contributed by atoms with Gasteiger partial charge in [-0.1, -0.05) is 48.9 Å². The number of carbonyl (C=O) groups is 1. The quantitative estimate of drug-likeness (QED) is 0.831. The van der Waals surface area contributed by atoms with Gasteiger partial charge in [-0.25, -0.2) is 0 Å². The van der Waals surface area contributed by atoms with E-state index in [0.29, 0.717) is 0 Å². The van der Waals surface area contributed by atoms with Gasteiger partial charge in [-0.3, -0.25) is 4.79 Å². The van der Waals surface area contributed by atoms with Crippen LogP contribution in [-0.4, -0.2) is 30.4 Å². The summed E-state index contributed by atoms with van der Waals surface area (Å²) in [6, 6.07) is 16.0. The van der Waals surface area contributed by atoms with Gasteiger partial charge >= 0.3 is 0 Å². The first-order valence-corrected chi connectivity index (χ1v) is 9.70. The van der Waals surface area contributed by atoms with Gasteiger partial charge in [0, 0.05) is 11.3 Å². The van der Waals surface area contributed by atoms with Gasteiger partial charge in [0.1, 0.15) is 0 Å². The summed E-state index contributed by atoms with van der Waals surface area (Å²) in [6.07, 6.45) is 4.77. The highest BCUT2D eigenvalue weighted by atomic mass is 16.2. The molecule has 0 radical (unpaired) electrons. The molecule has 2 aromatic rings. The molecule has 1 saturated heterocycles. The summed E-state index contributed by atoms with van der Waals surface area (Å²) in [6.45, 7) is 3.32. The number of anilines is 1. The van der Waals surface area contributed by atoms with Gasteiger partial charge in [0.05, 0.1) is 12.0 Å². The number of nitrogens with zero attached hydrogens (tertiary/aromatic N) is 1. The van der Waals surface area contributed by atoms with E-state index in [1.54, 1.807) is 0 Å². The minimum absolute atomic E-state index is 0.0747. The van der Waals surface area contributed by atoms with Crippen molar-refractivity contribution in [3.63, 3.8) is 0 Å². The van der Waals surface area contributed by atoms with E-state index in [1.807, 2.05) is 36.4 Å². The van der Waals surface area contributed by atoms with Crippen LogP contribution in [-0.2, 0) is 4.79 Å². The molecule has 4 rings (SSSR count). The number of likely N-dealkylation sites (tertiary alicyclic amines) is 1. The average molecular weight is 349 g/mol. The van der Waals surface area contributed by atoms with Gasteiger partial charge < -0.3 is 16.0 Å².